The Kier molecular flexibility index (Phi) is 6.08. The fourth-order valence-electron chi connectivity index (χ4n) is 5.04. The van der Waals surface area contributed by atoms with E-state index in [1.54, 1.807) is 7.11 Å². The molecule has 32 heavy (non-hydrogen) atoms. The minimum Gasteiger partial charge on any atom is -0.496 e. The number of H-pyrrole nitrogens is 1. The van der Waals surface area contributed by atoms with Gasteiger partial charge in [0, 0.05) is 55.1 Å². The number of likely N-dealkylation sites (tertiary alicyclic amines) is 1. The molecule has 1 N–H and O–H groups in total. The number of hydrogen-bond donors (Lipinski definition) is 1. The number of piperidine rings is 1. The highest BCUT2D eigenvalue weighted by atomic mass is 16.5. The van der Waals surface area contributed by atoms with E-state index in [0.717, 1.165) is 62.1 Å². The van der Waals surface area contributed by atoms with Crippen molar-refractivity contribution in [2.75, 3.05) is 38.2 Å². The smallest absolute Gasteiger partial charge is 0.225 e. The van der Waals surface area contributed by atoms with Gasteiger partial charge >= 0.3 is 0 Å². The zero-order valence-electron chi connectivity index (χ0n) is 19.0. The lowest BCUT2D eigenvalue weighted by atomic mass is 9.91. The number of nitrogens with one attached hydrogen (secondary N) is 1. The second kappa shape index (κ2) is 9.28. The number of methoxy groups -OCH3 is 1. The Hall–Kier alpha value is -2.93. The van der Waals surface area contributed by atoms with Crippen molar-refractivity contribution < 1.29 is 4.74 Å². The fourth-order valence-corrected chi connectivity index (χ4v) is 5.04. The van der Waals surface area contributed by atoms with Gasteiger partial charge in [-0.05, 0) is 56.8 Å². The molecule has 0 unspecified atom stereocenters. The number of aromatic amines is 1. The van der Waals surface area contributed by atoms with Gasteiger partial charge < -0.3 is 9.64 Å². The standard InChI is InChI=1S/C25H32N6O/c1-18-7-8-19(23(14-18)32-2)16-30-11-5-6-20(17-30)24-21(15-27-29-24)22-9-10-26-25(28-22)31-12-3-4-13-31/h7-10,14-15,20H,3-6,11-13,16-17H2,1-2H3,(H,27,29)/t20-/m1/s1. The van der Waals surface area contributed by atoms with Gasteiger partial charge in [0.15, 0.2) is 0 Å². The zero-order valence-corrected chi connectivity index (χ0v) is 19.0. The first kappa shape index (κ1) is 20.9. The summed E-state index contributed by atoms with van der Waals surface area (Å²) < 4.78 is 5.64. The molecule has 2 aliphatic rings. The van der Waals surface area contributed by atoms with Crippen molar-refractivity contribution in [1.82, 2.24) is 25.1 Å². The third-order valence-electron chi connectivity index (χ3n) is 6.73. The molecule has 1 atom stereocenters. The molecule has 0 amide bonds. The second-order valence-electron chi connectivity index (χ2n) is 9.02. The highest BCUT2D eigenvalue weighted by Gasteiger charge is 2.26. The third kappa shape index (κ3) is 4.35. The summed E-state index contributed by atoms with van der Waals surface area (Å²) in [5, 5.41) is 7.71. The van der Waals surface area contributed by atoms with Gasteiger partial charge in [-0.3, -0.25) is 10.00 Å². The highest BCUT2D eigenvalue weighted by molar-refractivity contribution is 5.63. The van der Waals surface area contributed by atoms with Gasteiger partial charge in [0.05, 0.1) is 19.0 Å². The van der Waals surface area contributed by atoms with Crippen molar-refractivity contribution in [3.63, 3.8) is 0 Å². The molecular weight excluding hydrogens is 400 g/mol. The molecule has 3 aromatic rings. The van der Waals surface area contributed by atoms with Crippen molar-refractivity contribution in [3.8, 4) is 17.0 Å². The first-order valence-electron chi connectivity index (χ1n) is 11.7. The average molecular weight is 433 g/mol. The maximum Gasteiger partial charge on any atom is 0.225 e. The Morgan fingerprint density at radius 1 is 1.12 bits per heavy atom. The number of ether oxygens (including phenoxy) is 1. The SMILES string of the molecule is COc1cc(C)ccc1CN1CCC[C@@H](c2[nH]ncc2-c2ccnc(N3CCCC3)n2)C1. The molecule has 0 aliphatic carbocycles. The Balaban J connectivity index is 1.34. The monoisotopic (exact) mass is 432 g/mol. The normalized spacial score (nSPS) is 19.4. The molecular formula is C25H32N6O. The number of rotatable bonds is 6. The van der Waals surface area contributed by atoms with Gasteiger partial charge in [-0.1, -0.05) is 12.1 Å². The maximum absolute atomic E-state index is 5.64. The van der Waals surface area contributed by atoms with Crippen molar-refractivity contribution in [1.29, 1.82) is 0 Å². The predicted molar refractivity (Wildman–Crippen MR) is 126 cm³/mol. The number of benzene rings is 1. The molecule has 0 bridgehead atoms. The average Bonchev–Trinajstić information content (AvgIpc) is 3.53. The van der Waals surface area contributed by atoms with Crippen molar-refractivity contribution in [3.05, 3.63) is 53.5 Å². The van der Waals surface area contributed by atoms with E-state index in [4.69, 9.17) is 9.72 Å². The van der Waals surface area contributed by atoms with Crippen LogP contribution < -0.4 is 9.64 Å². The van der Waals surface area contributed by atoms with E-state index in [0.29, 0.717) is 5.92 Å². The van der Waals surface area contributed by atoms with Crippen LogP contribution in [0.3, 0.4) is 0 Å². The van der Waals surface area contributed by atoms with Crippen LogP contribution in [0.2, 0.25) is 0 Å². The minimum absolute atomic E-state index is 0.405. The van der Waals surface area contributed by atoms with E-state index >= 15 is 0 Å². The van der Waals surface area contributed by atoms with Crippen LogP contribution in [-0.4, -0.2) is 58.4 Å². The topological polar surface area (TPSA) is 70.2 Å². The summed E-state index contributed by atoms with van der Waals surface area (Å²) in [5.41, 5.74) is 5.73. The van der Waals surface area contributed by atoms with Gasteiger partial charge in [-0.2, -0.15) is 5.10 Å². The molecule has 7 nitrogen and oxygen atoms in total. The minimum atomic E-state index is 0.405. The summed E-state index contributed by atoms with van der Waals surface area (Å²) >= 11 is 0. The lowest BCUT2D eigenvalue weighted by Crippen LogP contribution is -2.34. The number of aryl methyl sites for hydroxylation is 1. The summed E-state index contributed by atoms with van der Waals surface area (Å²) in [6.45, 7) is 7.19. The lowest BCUT2D eigenvalue weighted by molar-refractivity contribution is 0.196. The van der Waals surface area contributed by atoms with Crippen molar-refractivity contribution >= 4 is 5.95 Å². The van der Waals surface area contributed by atoms with Crippen LogP contribution in [0.15, 0.2) is 36.7 Å². The molecule has 2 fully saturated rings. The number of hydrogen-bond acceptors (Lipinski definition) is 6. The van der Waals surface area contributed by atoms with Crippen LogP contribution in [0, 0.1) is 6.92 Å². The summed E-state index contributed by atoms with van der Waals surface area (Å²) in [6, 6.07) is 8.49. The zero-order chi connectivity index (χ0) is 21.9. The highest BCUT2D eigenvalue weighted by Crippen LogP contribution is 2.34. The number of nitrogens with zero attached hydrogens (tertiary/aromatic N) is 5. The predicted octanol–water partition coefficient (Wildman–Crippen LogP) is 4.16. The van der Waals surface area contributed by atoms with Gasteiger partial charge in [0.25, 0.3) is 0 Å². The molecule has 4 heterocycles. The molecule has 1 aromatic carbocycles. The van der Waals surface area contributed by atoms with Crippen LogP contribution in [-0.2, 0) is 6.54 Å². The lowest BCUT2D eigenvalue weighted by Gasteiger charge is -2.33. The van der Waals surface area contributed by atoms with E-state index in [-0.39, 0.29) is 0 Å². The third-order valence-corrected chi connectivity index (χ3v) is 6.73. The number of anilines is 1. The molecule has 5 rings (SSSR count). The molecule has 2 aliphatic heterocycles. The maximum atomic E-state index is 5.64. The van der Waals surface area contributed by atoms with Crippen LogP contribution in [0.25, 0.3) is 11.3 Å². The molecule has 2 aromatic heterocycles. The first-order valence-corrected chi connectivity index (χ1v) is 11.7. The summed E-state index contributed by atoms with van der Waals surface area (Å²) in [6.07, 6.45) is 8.56. The Labute approximate surface area is 189 Å². The van der Waals surface area contributed by atoms with Gasteiger partial charge in [0.1, 0.15) is 5.75 Å². The fraction of sp³-hybridized carbons (Fsp3) is 0.480. The Morgan fingerprint density at radius 2 is 2.00 bits per heavy atom. The van der Waals surface area contributed by atoms with Gasteiger partial charge in [0.2, 0.25) is 5.95 Å². The van der Waals surface area contributed by atoms with Crippen LogP contribution in [0.4, 0.5) is 5.95 Å². The molecule has 2 saturated heterocycles. The Bertz CT molecular complexity index is 1060. The summed E-state index contributed by atoms with van der Waals surface area (Å²) in [7, 11) is 1.76. The van der Waals surface area contributed by atoms with Crippen LogP contribution in [0.1, 0.15) is 48.4 Å². The molecule has 7 heteroatoms. The van der Waals surface area contributed by atoms with E-state index in [1.165, 1.54) is 36.1 Å². The van der Waals surface area contributed by atoms with E-state index in [1.807, 2.05) is 18.5 Å². The van der Waals surface area contributed by atoms with Gasteiger partial charge in [-0.15, -0.1) is 0 Å². The quantitative estimate of drug-likeness (QED) is 0.631. The van der Waals surface area contributed by atoms with E-state index in [9.17, 15) is 0 Å². The van der Waals surface area contributed by atoms with E-state index < -0.39 is 0 Å². The van der Waals surface area contributed by atoms with Crippen molar-refractivity contribution in [2.45, 2.75) is 45.1 Å². The summed E-state index contributed by atoms with van der Waals surface area (Å²) in [5.74, 6) is 2.22. The van der Waals surface area contributed by atoms with Crippen LogP contribution >= 0.6 is 0 Å². The largest absolute Gasteiger partial charge is 0.496 e. The number of aromatic nitrogens is 4. The second-order valence-corrected chi connectivity index (χ2v) is 9.02. The molecule has 0 spiro atoms. The van der Waals surface area contributed by atoms with Crippen molar-refractivity contribution in [2.24, 2.45) is 0 Å². The molecule has 0 saturated carbocycles. The van der Waals surface area contributed by atoms with Gasteiger partial charge in [-0.25, -0.2) is 9.97 Å². The Morgan fingerprint density at radius 3 is 2.84 bits per heavy atom. The van der Waals surface area contributed by atoms with Crippen LogP contribution in [0.5, 0.6) is 5.75 Å². The summed E-state index contributed by atoms with van der Waals surface area (Å²) in [4.78, 5) is 14.2. The van der Waals surface area contributed by atoms with E-state index in [2.05, 4.69) is 50.1 Å². The first-order chi connectivity index (χ1) is 15.7. The molecule has 168 valence electrons. The molecule has 0 radical (unpaired) electrons.